The van der Waals surface area contributed by atoms with Gasteiger partial charge in [-0.3, -0.25) is 9.88 Å². The van der Waals surface area contributed by atoms with Gasteiger partial charge in [0.1, 0.15) is 5.82 Å². The predicted octanol–water partition coefficient (Wildman–Crippen LogP) is 3.59. The Morgan fingerprint density at radius 3 is 2.93 bits per heavy atom. The van der Waals surface area contributed by atoms with E-state index in [1.54, 1.807) is 29.2 Å². The van der Waals surface area contributed by atoms with Crippen LogP contribution in [0.25, 0.3) is 5.69 Å². The van der Waals surface area contributed by atoms with Crippen molar-refractivity contribution in [3.05, 3.63) is 78.1 Å². The van der Waals surface area contributed by atoms with Crippen molar-refractivity contribution < 1.29 is 9.13 Å². The van der Waals surface area contributed by atoms with Crippen LogP contribution in [0.3, 0.4) is 0 Å². The van der Waals surface area contributed by atoms with Gasteiger partial charge in [-0.2, -0.15) is 5.10 Å². The number of ether oxygens (including phenoxy) is 1. The van der Waals surface area contributed by atoms with E-state index < -0.39 is 0 Å². The minimum atomic E-state index is -0.221. The van der Waals surface area contributed by atoms with Crippen LogP contribution in [0.4, 0.5) is 4.39 Å². The molecule has 0 saturated carbocycles. The number of benzene rings is 1. The van der Waals surface area contributed by atoms with Crippen molar-refractivity contribution in [2.24, 2.45) is 0 Å². The van der Waals surface area contributed by atoms with E-state index in [0.29, 0.717) is 13.2 Å². The summed E-state index contributed by atoms with van der Waals surface area (Å²) < 4.78 is 21.7. The van der Waals surface area contributed by atoms with Crippen LogP contribution in [0.2, 0.25) is 0 Å². The molecule has 27 heavy (non-hydrogen) atoms. The molecule has 0 radical (unpaired) electrons. The van der Waals surface area contributed by atoms with E-state index in [0.717, 1.165) is 42.9 Å². The van der Waals surface area contributed by atoms with Crippen LogP contribution in [0.15, 0.2) is 61.1 Å². The first-order valence-electron chi connectivity index (χ1n) is 9.30. The van der Waals surface area contributed by atoms with Gasteiger partial charge in [-0.1, -0.05) is 6.07 Å². The lowest BCUT2D eigenvalue weighted by atomic mass is 10.1. The number of hydrogen-bond acceptors (Lipinski definition) is 4. The fourth-order valence-corrected chi connectivity index (χ4v) is 3.54. The number of halogens is 1. The first kappa shape index (κ1) is 17.8. The van der Waals surface area contributed by atoms with Crippen LogP contribution in [0.1, 0.15) is 24.1 Å². The van der Waals surface area contributed by atoms with Crippen molar-refractivity contribution in [2.45, 2.75) is 32.1 Å². The van der Waals surface area contributed by atoms with Gasteiger partial charge in [-0.15, -0.1) is 0 Å². The molecule has 1 aliphatic rings. The zero-order valence-electron chi connectivity index (χ0n) is 15.2. The Morgan fingerprint density at radius 2 is 2.11 bits per heavy atom. The molecule has 3 heterocycles. The maximum Gasteiger partial charge on any atom is 0.123 e. The largest absolute Gasteiger partial charge is 0.371 e. The van der Waals surface area contributed by atoms with Gasteiger partial charge in [-0.05, 0) is 61.3 Å². The monoisotopic (exact) mass is 366 g/mol. The molecule has 3 aromatic rings. The van der Waals surface area contributed by atoms with Gasteiger partial charge < -0.3 is 4.74 Å². The molecule has 1 aromatic carbocycles. The SMILES string of the molecule is Fc1ccc(-n2cccn2)c(CN2CCCC(OCc3ccccn3)C2)c1. The van der Waals surface area contributed by atoms with Gasteiger partial charge in [0.2, 0.25) is 0 Å². The second-order valence-corrected chi connectivity index (χ2v) is 6.86. The van der Waals surface area contributed by atoms with Crippen molar-refractivity contribution in [2.75, 3.05) is 13.1 Å². The summed E-state index contributed by atoms with van der Waals surface area (Å²) in [6.07, 6.45) is 7.67. The number of likely N-dealkylation sites (tertiary alicyclic amines) is 1. The first-order chi connectivity index (χ1) is 13.3. The summed E-state index contributed by atoms with van der Waals surface area (Å²) >= 11 is 0. The summed E-state index contributed by atoms with van der Waals surface area (Å²) in [5.41, 5.74) is 2.79. The Kier molecular flexibility index (Phi) is 5.55. The number of nitrogens with zero attached hydrogens (tertiary/aromatic N) is 4. The van der Waals surface area contributed by atoms with E-state index >= 15 is 0 Å². The third kappa shape index (κ3) is 4.59. The van der Waals surface area contributed by atoms with E-state index in [9.17, 15) is 4.39 Å². The summed E-state index contributed by atoms with van der Waals surface area (Å²) in [6, 6.07) is 12.6. The predicted molar refractivity (Wildman–Crippen MR) is 101 cm³/mol. The summed E-state index contributed by atoms with van der Waals surface area (Å²) in [7, 11) is 0. The van der Waals surface area contributed by atoms with Gasteiger partial charge in [0, 0.05) is 31.7 Å². The molecule has 0 bridgehead atoms. The molecule has 4 rings (SSSR count). The summed E-state index contributed by atoms with van der Waals surface area (Å²) in [4.78, 5) is 6.64. The van der Waals surface area contributed by atoms with E-state index in [4.69, 9.17) is 4.74 Å². The zero-order valence-corrected chi connectivity index (χ0v) is 15.2. The molecule has 0 spiro atoms. The number of piperidine rings is 1. The fraction of sp³-hybridized carbons (Fsp3) is 0.333. The van der Waals surface area contributed by atoms with Gasteiger partial charge in [0.05, 0.1) is 24.1 Å². The fourth-order valence-electron chi connectivity index (χ4n) is 3.54. The van der Waals surface area contributed by atoms with Crippen LogP contribution in [-0.4, -0.2) is 38.9 Å². The van der Waals surface area contributed by atoms with Crippen molar-refractivity contribution in [1.29, 1.82) is 0 Å². The maximum absolute atomic E-state index is 13.8. The molecule has 140 valence electrons. The Hall–Kier alpha value is -2.57. The number of rotatable bonds is 6. The molecule has 1 fully saturated rings. The molecule has 1 unspecified atom stereocenters. The summed E-state index contributed by atoms with van der Waals surface area (Å²) in [5, 5.41) is 4.29. The topological polar surface area (TPSA) is 43.2 Å². The van der Waals surface area contributed by atoms with Crippen LogP contribution < -0.4 is 0 Å². The number of hydrogen-bond donors (Lipinski definition) is 0. The molecule has 5 nitrogen and oxygen atoms in total. The molecule has 1 saturated heterocycles. The van der Waals surface area contributed by atoms with Crippen LogP contribution in [-0.2, 0) is 17.9 Å². The minimum Gasteiger partial charge on any atom is -0.371 e. The number of aromatic nitrogens is 3. The van der Waals surface area contributed by atoms with Gasteiger partial charge >= 0.3 is 0 Å². The normalized spacial score (nSPS) is 17.9. The van der Waals surface area contributed by atoms with Crippen molar-refractivity contribution >= 4 is 0 Å². The minimum absolute atomic E-state index is 0.169. The Balaban J connectivity index is 1.41. The van der Waals surface area contributed by atoms with Crippen LogP contribution in [0, 0.1) is 5.82 Å². The lowest BCUT2D eigenvalue weighted by Gasteiger charge is -2.33. The van der Waals surface area contributed by atoms with E-state index in [1.165, 1.54) is 6.07 Å². The van der Waals surface area contributed by atoms with Crippen LogP contribution >= 0.6 is 0 Å². The molecule has 2 aromatic heterocycles. The first-order valence-corrected chi connectivity index (χ1v) is 9.30. The lowest BCUT2D eigenvalue weighted by Crippen LogP contribution is -2.39. The highest BCUT2D eigenvalue weighted by molar-refractivity contribution is 5.40. The zero-order chi connectivity index (χ0) is 18.5. The smallest absolute Gasteiger partial charge is 0.123 e. The highest BCUT2D eigenvalue weighted by Gasteiger charge is 2.22. The van der Waals surface area contributed by atoms with Gasteiger partial charge in [0.15, 0.2) is 0 Å². The molecule has 6 heteroatoms. The molecule has 0 amide bonds. The Morgan fingerprint density at radius 1 is 1.15 bits per heavy atom. The molecule has 1 atom stereocenters. The molecule has 1 aliphatic heterocycles. The molecule has 0 N–H and O–H groups in total. The second-order valence-electron chi connectivity index (χ2n) is 6.86. The highest BCUT2D eigenvalue weighted by Crippen LogP contribution is 2.21. The standard InChI is InChI=1S/C21H23FN4O/c22-18-7-8-21(26-12-4-10-24-26)17(13-18)14-25-11-3-6-20(15-25)27-16-19-5-1-2-9-23-19/h1-2,4-5,7-10,12-13,20H,3,6,11,14-16H2. The van der Waals surface area contributed by atoms with Crippen LogP contribution in [0.5, 0.6) is 0 Å². The lowest BCUT2D eigenvalue weighted by molar-refractivity contribution is -0.0132. The summed E-state index contributed by atoms with van der Waals surface area (Å²) in [6.45, 7) is 3.02. The average molecular weight is 366 g/mol. The second kappa shape index (κ2) is 8.41. The van der Waals surface area contributed by atoms with Crippen molar-refractivity contribution in [1.82, 2.24) is 19.7 Å². The molecular weight excluding hydrogens is 343 g/mol. The molecular formula is C21H23FN4O. The summed E-state index contributed by atoms with van der Waals surface area (Å²) in [5.74, 6) is -0.221. The van der Waals surface area contributed by atoms with Gasteiger partial charge in [-0.25, -0.2) is 9.07 Å². The Labute approximate surface area is 158 Å². The van der Waals surface area contributed by atoms with Crippen molar-refractivity contribution in [3.8, 4) is 5.69 Å². The van der Waals surface area contributed by atoms with E-state index in [-0.39, 0.29) is 11.9 Å². The quantitative estimate of drug-likeness (QED) is 0.669. The van der Waals surface area contributed by atoms with E-state index in [2.05, 4.69) is 15.0 Å². The average Bonchev–Trinajstić information content (AvgIpc) is 3.22. The Bertz CT molecular complexity index is 854. The van der Waals surface area contributed by atoms with Crippen molar-refractivity contribution in [3.63, 3.8) is 0 Å². The maximum atomic E-state index is 13.8. The highest BCUT2D eigenvalue weighted by atomic mass is 19.1. The third-order valence-corrected chi connectivity index (χ3v) is 4.84. The van der Waals surface area contributed by atoms with Gasteiger partial charge in [0.25, 0.3) is 0 Å². The number of pyridine rings is 1. The molecule has 0 aliphatic carbocycles. The third-order valence-electron chi connectivity index (χ3n) is 4.84. The van der Waals surface area contributed by atoms with E-state index in [1.807, 2.05) is 30.5 Å².